The highest BCUT2D eigenvalue weighted by Crippen LogP contribution is 2.33. The van der Waals surface area contributed by atoms with Crippen molar-refractivity contribution in [2.24, 2.45) is 0 Å². The molecule has 3 rings (SSSR count). The van der Waals surface area contributed by atoms with E-state index in [0.29, 0.717) is 12.3 Å². The van der Waals surface area contributed by atoms with E-state index in [1.165, 1.54) is 0 Å². The monoisotopic (exact) mass is 402 g/mol. The van der Waals surface area contributed by atoms with Gasteiger partial charge in [0, 0.05) is 23.1 Å². The smallest absolute Gasteiger partial charge is 0.265 e. The molecule has 1 N–H and O–H groups in total. The summed E-state index contributed by atoms with van der Waals surface area (Å²) in [5.74, 6) is 0.416. The predicted molar refractivity (Wildman–Crippen MR) is 101 cm³/mol. The highest BCUT2D eigenvalue weighted by molar-refractivity contribution is 9.10. The SMILES string of the molecule is Cc1ccc2c(c1)N(CCC(=O)Nc1ccc(Br)cc1C)C(=O)CO2. The zero-order valence-corrected chi connectivity index (χ0v) is 15.7. The summed E-state index contributed by atoms with van der Waals surface area (Å²) < 4.78 is 6.42. The second-order valence-corrected chi connectivity index (χ2v) is 6.98. The Kier molecular flexibility index (Phi) is 5.08. The molecule has 1 aliphatic rings. The van der Waals surface area contributed by atoms with Gasteiger partial charge in [0.15, 0.2) is 6.61 Å². The first kappa shape index (κ1) is 17.5. The Hall–Kier alpha value is -2.34. The fourth-order valence-electron chi connectivity index (χ4n) is 2.75. The second-order valence-electron chi connectivity index (χ2n) is 6.06. The van der Waals surface area contributed by atoms with Crippen LogP contribution in [-0.2, 0) is 9.59 Å². The summed E-state index contributed by atoms with van der Waals surface area (Å²) >= 11 is 3.40. The maximum atomic E-state index is 12.3. The number of ether oxygens (including phenoxy) is 1. The number of amides is 2. The molecule has 0 unspecified atom stereocenters. The zero-order chi connectivity index (χ0) is 18.0. The molecule has 0 saturated carbocycles. The molecule has 0 fully saturated rings. The van der Waals surface area contributed by atoms with Crippen molar-refractivity contribution in [1.29, 1.82) is 0 Å². The highest BCUT2D eigenvalue weighted by atomic mass is 79.9. The first-order valence-electron chi connectivity index (χ1n) is 8.04. The molecule has 2 aromatic carbocycles. The van der Waals surface area contributed by atoms with Crippen molar-refractivity contribution in [3.63, 3.8) is 0 Å². The van der Waals surface area contributed by atoms with Crippen LogP contribution in [0, 0.1) is 13.8 Å². The number of aryl methyl sites for hydroxylation is 2. The van der Waals surface area contributed by atoms with Gasteiger partial charge in [-0.25, -0.2) is 0 Å². The predicted octanol–water partition coefficient (Wildman–Crippen LogP) is 3.82. The molecule has 2 aromatic rings. The summed E-state index contributed by atoms with van der Waals surface area (Å²) in [5, 5.41) is 2.90. The number of halogens is 1. The van der Waals surface area contributed by atoms with Crippen LogP contribution >= 0.6 is 15.9 Å². The van der Waals surface area contributed by atoms with Gasteiger partial charge in [-0.05, 0) is 55.3 Å². The van der Waals surface area contributed by atoms with E-state index in [1.807, 2.05) is 50.2 Å². The fraction of sp³-hybridized carbons (Fsp3) is 0.263. The van der Waals surface area contributed by atoms with Gasteiger partial charge < -0.3 is 15.0 Å². The normalized spacial score (nSPS) is 13.2. The molecule has 6 heteroatoms. The summed E-state index contributed by atoms with van der Waals surface area (Å²) in [6, 6.07) is 11.4. The zero-order valence-electron chi connectivity index (χ0n) is 14.1. The van der Waals surface area contributed by atoms with Gasteiger partial charge in [0.1, 0.15) is 5.75 Å². The number of hydrogen-bond acceptors (Lipinski definition) is 3. The minimum absolute atomic E-state index is 0.00347. The summed E-state index contributed by atoms with van der Waals surface area (Å²) in [4.78, 5) is 26.1. The maximum Gasteiger partial charge on any atom is 0.265 e. The van der Waals surface area contributed by atoms with Gasteiger partial charge in [0.2, 0.25) is 5.91 Å². The lowest BCUT2D eigenvalue weighted by Crippen LogP contribution is -2.40. The van der Waals surface area contributed by atoms with E-state index in [4.69, 9.17) is 4.74 Å². The first-order chi connectivity index (χ1) is 11.9. The van der Waals surface area contributed by atoms with Crippen molar-refractivity contribution < 1.29 is 14.3 Å². The molecule has 0 atom stereocenters. The topological polar surface area (TPSA) is 58.6 Å². The van der Waals surface area contributed by atoms with Crippen molar-refractivity contribution in [2.45, 2.75) is 20.3 Å². The van der Waals surface area contributed by atoms with Gasteiger partial charge in [0.25, 0.3) is 5.91 Å². The molecular weight excluding hydrogens is 384 g/mol. The third-order valence-corrected chi connectivity index (χ3v) is 4.58. The summed E-state index contributed by atoms with van der Waals surface area (Å²) in [7, 11) is 0. The number of carbonyl (C=O) groups is 2. The lowest BCUT2D eigenvalue weighted by Gasteiger charge is -2.29. The molecule has 0 bridgehead atoms. The van der Waals surface area contributed by atoms with E-state index >= 15 is 0 Å². The van der Waals surface area contributed by atoms with Crippen LogP contribution in [0.25, 0.3) is 0 Å². The van der Waals surface area contributed by atoms with Gasteiger partial charge in [0.05, 0.1) is 5.69 Å². The van der Waals surface area contributed by atoms with E-state index in [-0.39, 0.29) is 24.8 Å². The number of hydrogen-bond donors (Lipinski definition) is 1. The Labute approximate surface area is 155 Å². The summed E-state index contributed by atoms with van der Waals surface area (Å²) in [6.45, 7) is 4.22. The van der Waals surface area contributed by atoms with Gasteiger partial charge >= 0.3 is 0 Å². The van der Waals surface area contributed by atoms with Gasteiger partial charge in [-0.1, -0.05) is 22.0 Å². The van der Waals surface area contributed by atoms with Crippen molar-refractivity contribution >= 4 is 39.1 Å². The summed E-state index contributed by atoms with van der Waals surface area (Å²) in [5.41, 5.74) is 3.52. The maximum absolute atomic E-state index is 12.3. The van der Waals surface area contributed by atoms with Crippen LogP contribution in [0.15, 0.2) is 40.9 Å². The molecule has 0 radical (unpaired) electrons. The number of benzene rings is 2. The molecule has 0 aromatic heterocycles. The average Bonchev–Trinajstić information content (AvgIpc) is 2.56. The van der Waals surface area contributed by atoms with E-state index < -0.39 is 0 Å². The molecular formula is C19H19BrN2O3. The molecule has 0 spiro atoms. The molecule has 1 heterocycles. The molecule has 0 saturated heterocycles. The molecule has 0 aliphatic carbocycles. The Balaban J connectivity index is 1.68. The largest absolute Gasteiger partial charge is 0.482 e. The van der Waals surface area contributed by atoms with Crippen molar-refractivity contribution in [1.82, 2.24) is 0 Å². The van der Waals surface area contributed by atoms with Crippen molar-refractivity contribution in [3.8, 4) is 5.75 Å². The van der Waals surface area contributed by atoms with Crippen LogP contribution in [0.3, 0.4) is 0 Å². The van der Waals surface area contributed by atoms with Crippen molar-refractivity contribution in [3.05, 3.63) is 52.0 Å². The average molecular weight is 403 g/mol. The Morgan fingerprint density at radius 1 is 1.24 bits per heavy atom. The standard InChI is InChI=1S/C19H19BrN2O3/c1-12-3-6-17-16(9-12)22(19(24)11-25-17)8-7-18(23)21-15-5-4-14(20)10-13(15)2/h3-6,9-10H,7-8,11H2,1-2H3,(H,21,23). The van der Waals surface area contributed by atoms with Crippen LogP contribution in [-0.4, -0.2) is 25.0 Å². The Morgan fingerprint density at radius 2 is 2.04 bits per heavy atom. The molecule has 130 valence electrons. The van der Waals surface area contributed by atoms with Crippen molar-refractivity contribution in [2.75, 3.05) is 23.4 Å². The minimum atomic E-state index is -0.134. The number of rotatable bonds is 4. The number of carbonyl (C=O) groups excluding carboxylic acids is 2. The number of fused-ring (bicyclic) bond motifs is 1. The Bertz CT molecular complexity index is 835. The van der Waals surface area contributed by atoms with E-state index in [2.05, 4.69) is 21.2 Å². The second kappa shape index (κ2) is 7.27. The highest BCUT2D eigenvalue weighted by Gasteiger charge is 2.25. The number of nitrogens with zero attached hydrogens (tertiary/aromatic N) is 1. The molecule has 1 aliphatic heterocycles. The Morgan fingerprint density at radius 3 is 2.80 bits per heavy atom. The molecule has 25 heavy (non-hydrogen) atoms. The lowest BCUT2D eigenvalue weighted by atomic mass is 10.1. The molecule has 2 amide bonds. The van der Waals surface area contributed by atoms with E-state index in [9.17, 15) is 9.59 Å². The van der Waals surface area contributed by atoms with E-state index in [0.717, 1.165) is 27.0 Å². The van der Waals surface area contributed by atoms with Gasteiger partial charge in [-0.3, -0.25) is 9.59 Å². The third-order valence-electron chi connectivity index (χ3n) is 4.08. The van der Waals surface area contributed by atoms with Crippen LogP contribution in [0.4, 0.5) is 11.4 Å². The fourth-order valence-corrected chi connectivity index (χ4v) is 3.23. The van der Waals surface area contributed by atoms with E-state index in [1.54, 1.807) is 4.90 Å². The number of nitrogens with one attached hydrogen (secondary N) is 1. The quantitative estimate of drug-likeness (QED) is 0.845. The molecule has 5 nitrogen and oxygen atoms in total. The van der Waals surface area contributed by atoms with Crippen LogP contribution in [0.5, 0.6) is 5.75 Å². The van der Waals surface area contributed by atoms with Gasteiger partial charge in [-0.15, -0.1) is 0 Å². The first-order valence-corrected chi connectivity index (χ1v) is 8.83. The number of anilines is 2. The third kappa shape index (κ3) is 4.02. The van der Waals surface area contributed by atoms with Crippen LogP contribution < -0.4 is 15.0 Å². The van der Waals surface area contributed by atoms with Gasteiger partial charge in [-0.2, -0.15) is 0 Å². The minimum Gasteiger partial charge on any atom is -0.482 e. The van der Waals surface area contributed by atoms with Crippen LogP contribution in [0.2, 0.25) is 0 Å². The summed E-state index contributed by atoms with van der Waals surface area (Å²) in [6.07, 6.45) is 0.217. The van der Waals surface area contributed by atoms with Crippen LogP contribution in [0.1, 0.15) is 17.5 Å². The lowest BCUT2D eigenvalue weighted by molar-refractivity contribution is -0.121.